The Labute approximate surface area is 203 Å². The summed E-state index contributed by atoms with van der Waals surface area (Å²) in [6.45, 7) is 6.67. The summed E-state index contributed by atoms with van der Waals surface area (Å²) in [5, 5.41) is 0. The van der Waals surface area contributed by atoms with Gasteiger partial charge in [-0.25, -0.2) is 0 Å². The average molecular weight is 506 g/mol. The maximum atomic E-state index is 13.5. The summed E-state index contributed by atoms with van der Waals surface area (Å²) < 4.78 is 13.0. The summed E-state index contributed by atoms with van der Waals surface area (Å²) in [6, 6.07) is 12.6. The molecule has 3 aliphatic heterocycles. The van der Waals surface area contributed by atoms with Crippen molar-refractivity contribution >= 4 is 27.4 Å². The van der Waals surface area contributed by atoms with Crippen LogP contribution >= 0.6 is 15.9 Å². The minimum absolute atomic E-state index is 0.0398. The van der Waals surface area contributed by atoms with Gasteiger partial charge in [-0.05, 0) is 53.7 Å². The second-order valence-corrected chi connectivity index (χ2v) is 11.1. The molecular formula is C28H28BrNO3. The molecule has 0 unspecified atom stereocenters. The number of Topliss-reactive ketones (excluding diaryl/α,β-unsaturated/α-hetero) is 1. The lowest BCUT2D eigenvalue weighted by Crippen LogP contribution is -2.40. The van der Waals surface area contributed by atoms with E-state index < -0.39 is 0 Å². The van der Waals surface area contributed by atoms with Crippen LogP contribution in [0.1, 0.15) is 55.7 Å². The van der Waals surface area contributed by atoms with Crippen LogP contribution in [0.5, 0.6) is 11.5 Å². The third-order valence-corrected chi connectivity index (χ3v) is 7.97. The van der Waals surface area contributed by atoms with Crippen molar-refractivity contribution in [3.05, 3.63) is 74.9 Å². The first-order valence-electron chi connectivity index (χ1n) is 11.8. The van der Waals surface area contributed by atoms with E-state index in [0.717, 1.165) is 52.9 Å². The van der Waals surface area contributed by atoms with Gasteiger partial charge in [-0.1, -0.05) is 48.0 Å². The molecule has 0 radical (unpaired) electrons. The number of fused-ring (bicyclic) bond motifs is 5. The Balaban J connectivity index is 1.55. The Morgan fingerprint density at radius 1 is 1.06 bits per heavy atom. The fourth-order valence-corrected chi connectivity index (χ4v) is 6.30. The number of ketones is 1. The van der Waals surface area contributed by atoms with Crippen LogP contribution in [0, 0.1) is 5.41 Å². The number of halogens is 1. The summed E-state index contributed by atoms with van der Waals surface area (Å²) in [5.74, 6) is 1.90. The monoisotopic (exact) mass is 505 g/mol. The first kappa shape index (κ1) is 21.0. The zero-order valence-electron chi connectivity index (χ0n) is 19.1. The summed E-state index contributed by atoms with van der Waals surface area (Å²) in [5.41, 5.74) is 6.96. The molecule has 170 valence electrons. The van der Waals surface area contributed by atoms with E-state index in [-0.39, 0.29) is 17.1 Å². The predicted molar refractivity (Wildman–Crippen MR) is 132 cm³/mol. The molecule has 2 aromatic rings. The zero-order chi connectivity index (χ0) is 22.7. The molecule has 0 saturated carbocycles. The third-order valence-electron chi connectivity index (χ3n) is 7.24. The summed E-state index contributed by atoms with van der Waals surface area (Å²) >= 11 is 3.76. The molecule has 3 heterocycles. The van der Waals surface area contributed by atoms with Gasteiger partial charge >= 0.3 is 0 Å². The molecule has 0 N–H and O–H groups in total. The van der Waals surface area contributed by atoms with E-state index in [0.29, 0.717) is 19.6 Å². The van der Waals surface area contributed by atoms with Crippen LogP contribution in [0.4, 0.5) is 0 Å². The van der Waals surface area contributed by atoms with Crippen molar-refractivity contribution in [1.82, 2.24) is 4.90 Å². The Bertz CT molecular complexity index is 1230. The predicted octanol–water partition coefficient (Wildman–Crippen LogP) is 6.25. The number of allylic oxidation sites excluding steroid dienone is 3. The lowest BCUT2D eigenvalue weighted by atomic mass is 9.69. The van der Waals surface area contributed by atoms with E-state index in [1.54, 1.807) is 0 Å². The molecule has 0 fully saturated rings. The Hall–Kier alpha value is -2.53. The molecule has 5 heteroatoms. The summed E-state index contributed by atoms with van der Waals surface area (Å²) in [6.07, 6.45) is 5.63. The van der Waals surface area contributed by atoms with E-state index in [1.165, 1.54) is 22.5 Å². The molecule has 0 saturated heterocycles. The minimum atomic E-state index is -0.0626. The highest BCUT2D eigenvalue weighted by atomic mass is 79.9. The van der Waals surface area contributed by atoms with Crippen molar-refractivity contribution in [3.63, 3.8) is 0 Å². The van der Waals surface area contributed by atoms with Crippen LogP contribution in [-0.2, 0) is 11.2 Å². The molecule has 33 heavy (non-hydrogen) atoms. The van der Waals surface area contributed by atoms with Crippen molar-refractivity contribution in [2.45, 2.75) is 45.4 Å². The van der Waals surface area contributed by atoms with Crippen LogP contribution < -0.4 is 9.47 Å². The zero-order valence-corrected chi connectivity index (χ0v) is 20.7. The van der Waals surface area contributed by atoms with Gasteiger partial charge in [0.05, 0.1) is 13.2 Å². The fraction of sp³-hybridized carbons (Fsp3) is 0.393. The fourth-order valence-electron chi connectivity index (χ4n) is 5.76. The maximum Gasteiger partial charge on any atom is 0.162 e. The van der Waals surface area contributed by atoms with Gasteiger partial charge in [0.25, 0.3) is 0 Å². The van der Waals surface area contributed by atoms with Gasteiger partial charge in [0, 0.05) is 52.3 Å². The number of hydrogen-bond donors (Lipinski definition) is 0. The lowest BCUT2D eigenvalue weighted by Gasteiger charge is -2.46. The van der Waals surface area contributed by atoms with Crippen LogP contribution in [0.3, 0.4) is 0 Å². The second kappa shape index (κ2) is 7.76. The van der Waals surface area contributed by atoms with Gasteiger partial charge < -0.3 is 14.4 Å². The molecule has 2 aromatic carbocycles. The van der Waals surface area contributed by atoms with Crippen molar-refractivity contribution in [1.29, 1.82) is 0 Å². The highest BCUT2D eigenvalue weighted by Gasteiger charge is 2.43. The van der Waals surface area contributed by atoms with E-state index in [4.69, 9.17) is 9.47 Å². The first-order chi connectivity index (χ1) is 15.9. The number of hydrogen-bond acceptors (Lipinski definition) is 4. The molecule has 0 spiro atoms. The minimum Gasteiger partial charge on any atom is -0.490 e. The Kier molecular flexibility index (Phi) is 4.95. The molecule has 1 atom stereocenters. The number of nitrogens with zero attached hydrogens (tertiary/aromatic N) is 1. The number of benzene rings is 2. The van der Waals surface area contributed by atoms with Gasteiger partial charge in [0.1, 0.15) is 0 Å². The molecule has 0 aromatic heterocycles. The van der Waals surface area contributed by atoms with Crippen LogP contribution in [-0.4, -0.2) is 30.4 Å². The van der Waals surface area contributed by atoms with E-state index in [1.807, 2.05) is 6.07 Å². The van der Waals surface area contributed by atoms with Gasteiger partial charge in [-0.2, -0.15) is 0 Å². The van der Waals surface area contributed by atoms with E-state index >= 15 is 0 Å². The number of ether oxygens (including phenoxy) is 2. The van der Waals surface area contributed by atoms with E-state index in [2.05, 4.69) is 71.1 Å². The van der Waals surface area contributed by atoms with Crippen molar-refractivity contribution < 1.29 is 14.3 Å². The van der Waals surface area contributed by atoms with Crippen molar-refractivity contribution in [2.24, 2.45) is 5.41 Å². The standard InChI is InChI=1S/C28H28BrNO3/c1-28(2)15-23-27(24(31)16-28)20(18-6-3-4-7-21(18)29)13-22-19-14-26-25(32-10-5-11-33-26)12-17(19)8-9-30(22)23/h3-4,6-7,12-14,20H,5,8-11,15-16H2,1-2H3/t20-/m1/s1. The smallest absolute Gasteiger partial charge is 0.162 e. The molecule has 4 aliphatic rings. The highest BCUT2D eigenvalue weighted by Crippen LogP contribution is 2.52. The largest absolute Gasteiger partial charge is 0.490 e. The molecular weight excluding hydrogens is 478 g/mol. The number of rotatable bonds is 1. The van der Waals surface area contributed by atoms with Crippen LogP contribution in [0.2, 0.25) is 0 Å². The summed E-state index contributed by atoms with van der Waals surface area (Å²) in [4.78, 5) is 15.9. The molecule has 4 nitrogen and oxygen atoms in total. The quantitative estimate of drug-likeness (QED) is 0.459. The Morgan fingerprint density at radius 3 is 2.61 bits per heavy atom. The molecule has 1 aliphatic carbocycles. The average Bonchev–Trinajstić information content (AvgIpc) is 3.01. The first-order valence-corrected chi connectivity index (χ1v) is 12.6. The van der Waals surface area contributed by atoms with Crippen LogP contribution in [0.25, 0.3) is 5.70 Å². The summed E-state index contributed by atoms with van der Waals surface area (Å²) in [7, 11) is 0. The second-order valence-electron chi connectivity index (χ2n) is 10.3. The topological polar surface area (TPSA) is 38.8 Å². The lowest BCUT2D eigenvalue weighted by molar-refractivity contribution is -0.118. The van der Waals surface area contributed by atoms with Gasteiger partial charge in [0.2, 0.25) is 0 Å². The normalized spacial score (nSPS) is 23.2. The SMILES string of the molecule is CC1(C)CC(=O)C2=C(C1)N1CCc3cc4c(cc3C1=C[C@@H]2c1ccccc1Br)OCCCO4. The van der Waals surface area contributed by atoms with Crippen molar-refractivity contribution in [2.75, 3.05) is 19.8 Å². The van der Waals surface area contributed by atoms with Crippen molar-refractivity contribution in [3.8, 4) is 11.5 Å². The molecule has 6 rings (SSSR count). The highest BCUT2D eigenvalue weighted by molar-refractivity contribution is 9.10. The number of carbonyl (C=O) groups is 1. The van der Waals surface area contributed by atoms with Crippen LogP contribution in [0.15, 0.2) is 58.2 Å². The van der Waals surface area contributed by atoms with Gasteiger partial charge in [-0.15, -0.1) is 0 Å². The Morgan fingerprint density at radius 2 is 1.82 bits per heavy atom. The molecule has 0 amide bonds. The van der Waals surface area contributed by atoms with E-state index in [9.17, 15) is 4.79 Å². The molecule has 0 bridgehead atoms. The third kappa shape index (κ3) is 3.52. The maximum absolute atomic E-state index is 13.5. The number of carbonyl (C=O) groups excluding carboxylic acids is 1. The van der Waals surface area contributed by atoms with Gasteiger partial charge in [-0.3, -0.25) is 4.79 Å². The van der Waals surface area contributed by atoms with Gasteiger partial charge in [0.15, 0.2) is 17.3 Å².